The molecule has 0 spiro atoms. The lowest BCUT2D eigenvalue weighted by atomic mass is 9.68. The molecule has 2 saturated heterocycles. The molecule has 4 atom stereocenters. The van der Waals surface area contributed by atoms with Crippen molar-refractivity contribution in [3.63, 3.8) is 0 Å². The zero-order valence-corrected chi connectivity index (χ0v) is 12.8. The third-order valence-corrected chi connectivity index (χ3v) is 6.60. The molecule has 2 bridgehead atoms. The van der Waals surface area contributed by atoms with E-state index < -0.39 is 5.79 Å². The number of epoxide rings is 2. The molecule has 0 radical (unpaired) electrons. The molecule has 4 rings (SSSR count). The van der Waals surface area contributed by atoms with Gasteiger partial charge in [-0.1, -0.05) is 20.8 Å². The molecule has 4 aliphatic rings. The molecule has 4 heteroatoms. The van der Waals surface area contributed by atoms with Gasteiger partial charge < -0.3 is 18.9 Å². The summed E-state index contributed by atoms with van der Waals surface area (Å²) >= 11 is 0. The van der Waals surface area contributed by atoms with E-state index in [1.807, 2.05) is 0 Å². The standard InChI is InChI=1S/C16H26O4/c1-14(2)11-4-5-15(14,3)16(6-11,19-9-12-7-17-12)20-10-13-8-18-13/h11-13H,4-10H2,1-3H3. The lowest BCUT2D eigenvalue weighted by molar-refractivity contribution is -0.301. The van der Waals surface area contributed by atoms with Gasteiger partial charge in [-0.2, -0.15) is 0 Å². The molecular formula is C16H26O4. The summed E-state index contributed by atoms with van der Waals surface area (Å²) in [5.41, 5.74) is 0.371. The third-order valence-electron chi connectivity index (χ3n) is 6.60. The van der Waals surface area contributed by atoms with Crippen LogP contribution >= 0.6 is 0 Å². The number of hydrogen-bond acceptors (Lipinski definition) is 4. The van der Waals surface area contributed by atoms with E-state index in [0.717, 1.165) is 19.6 Å². The predicted octanol–water partition coefficient (Wildman–Crippen LogP) is 2.36. The van der Waals surface area contributed by atoms with E-state index in [9.17, 15) is 0 Å². The Balaban J connectivity index is 1.56. The maximum absolute atomic E-state index is 6.36. The highest BCUT2D eigenvalue weighted by atomic mass is 16.7. The molecular weight excluding hydrogens is 256 g/mol. The number of hydrogen-bond donors (Lipinski definition) is 0. The molecule has 0 aromatic carbocycles. The molecule has 0 amide bonds. The summed E-state index contributed by atoms with van der Waals surface area (Å²) in [6, 6.07) is 0. The highest BCUT2D eigenvalue weighted by molar-refractivity contribution is 5.15. The first-order valence-electron chi connectivity index (χ1n) is 7.98. The highest BCUT2D eigenvalue weighted by Crippen LogP contribution is 2.71. The second-order valence-electron chi connectivity index (χ2n) is 7.78. The van der Waals surface area contributed by atoms with Crippen molar-refractivity contribution in [1.29, 1.82) is 0 Å². The number of fused-ring (bicyclic) bond motifs is 2. The zero-order chi connectivity index (χ0) is 14.0. The first-order valence-corrected chi connectivity index (χ1v) is 7.98. The van der Waals surface area contributed by atoms with E-state index in [4.69, 9.17) is 18.9 Å². The monoisotopic (exact) mass is 282 g/mol. The van der Waals surface area contributed by atoms with Crippen LogP contribution in [0, 0.1) is 16.7 Å². The maximum atomic E-state index is 6.36. The van der Waals surface area contributed by atoms with Crippen molar-refractivity contribution in [2.24, 2.45) is 16.7 Å². The summed E-state index contributed by atoms with van der Waals surface area (Å²) in [7, 11) is 0. The Kier molecular flexibility index (Phi) is 2.83. The summed E-state index contributed by atoms with van der Waals surface area (Å²) < 4.78 is 23.3. The summed E-state index contributed by atoms with van der Waals surface area (Å²) in [4.78, 5) is 0. The van der Waals surface area contributed by atoms with Crippen LogP contribution < -0.4 is 0 Å². The maximum Gasteiger partial charge on any atom is 0.174 e. The topological polar surface area (TPSA) is 43.5 Å². The first kappa shape index (κ1) is 13.5. The van der Waals surface area contributed by atoms with Gasteiger partial charge in [-0.15, -0.1) is 0 Å². The number of ether oxygens (including phenoxy) is 4. The van der Waals surface area contributed by atoms with Crippen molar-refractivity contribution >= 4 is 0 Å². The van der Waals surface area contributed by atoms with Gasteiger partial charge in [-0.25, -0.2) is 0 Å². The molecule has 20 heavy (non-hydrogen) atoms. The van der Waals surface area contributed by atoms with Gasteiger partial charge in [-0.3, -0.25) is 0 Å². The molecule has 0 N–H and O–H groups in total. The molecule has 0 aromatic heterocycles. The van der Waals surface area contributed by atoms with Gasteiger partial charge in [0.1, 0.15) is 12.2 Å². The minimum atomic E-state index is -0.433. The largest absolute Gasteiger partial charge is 0.371 e. The summed E-state index contributed by atoms with van der Waals surface area (Å²) in [6.07, 6.45) is 4.10. The van der Waals surface area contributed by atoms with Crippen LogP contribution in [0.25, 0.3) is 0 Å². The van der Waals surface area contributed by atoms with Crippen LogP contribution in [-0.2, 0) is 18.9 Å². The van der Waals surface area contributed by atoms with Crippen LogP contribution in [0.4, 0.5) is 0 Å². The van der Waals surface area contributed by atoms with Gasteiger partial charge in [0.2, 0.25) is 0 Å². The van der Waals surface area contributed by atoms with E-state index in [1.54, 1.807) is 0 Å². The molecule has 2 aliphatic carbocycles. The smallest absolute Gasteiger partial charge is 0.174 e. The lowest BCUT2D eigenvalue weighted by Gasteiger charge is -2.47. The fraction of sp³-hybridized carbons (Fsp3) is 1.00. The summed E-state index contributed by atoms with van der Waals surface area (Å²) in [5.74, 6) is 0.268. The molecule has 4 nitrogen and oxygen atoms in total. The second kappa shape index (κ2) is 4.19. The first-order chi connectivity index (χ1) is 9.47. The van der Waals surface area contributed by atoms with Crippen LogP contribution in [0.2, 0.25) is 0 Å². The molecule has 2 saturated carbocycles. The van der Waals surface area contributed by atoms with Crippen molar-refractivity contribution in [3.8, 4) is 0 Å². The average Bonchev–Trinajstić information content (AvgIpc) is 3.29. The van der Waals surface area contributed by atoms with Gasteiger partial charge in [0.15, 0.2) is 5.79 Å². The van der Waals surface area contributed by atoms with Crippen LogP contribution in [-0.4, -0.2) is 44.4 Å². The van der Waals surface area contributed by atoms with Gasteiger partial charge in [0.25, 0.3) is 0 Å². The Morgan fingerprint density at radius 1 is 1.00 bits per heavy atom. The predicted molar refractivity (Wildman–Crippen MR) is 73.3 cm³/mol. The lowest BCUT2D eigenvalue weighted by Crippen LogP contribution is -2.52. The molecule has 2 aliphatic heterocycles. The quantitative estimate of drug-likeness (QED) is 0.554. The van der Waals surface area contributed by atoms with Crippen molar-refractivity contribution in [3.05, 3.63) is 0 Å². The van der Waals surface area contributed by atoms with E-state index >= 15 is 0 Å². The number of rotatable bonds is 6. The highest BCUT2D eigenvalue weighted by Gasteiger charge is 2.71. The summed E-state index contributed by atoms with van der Waals surface area (Å²) in [5, 5.41) is 0. The van der Waals surface area contributed by atoms with Crippen LogP contribution in [0.3, 0.4) is 0 Å². The Hall–Kier alpha value is -0.160. The fourth-order valence-corrected chi connectivity index (χ4v) is 4.45. The second-order valence-corrected chi connectivity index (χ2v) is 7.78. The van der Waals surface area contributed by atoms with E-state index in [-0.39, 0.29) is 10.8 Å². The Morgan fingerprint density at radius 3 is 1.90 bits per heavy atom. The SMILES string of the molecule is CC1(C)C2CCC1(C)C(OCC1CO1)(OCC1CO1)C2. The zero-order valence-electron chi connectivity index (χ0n) is 12.8. The molecule has 0 aromatic rings. The van der Waals surface area contributed by atoms with Crippen molar-refractivity contribution in [1.82, 2.24) is 0 Å². The molecule has 2 heterocycles. The van der Waals surface area contributed by atoms with E-state index in [2.05, 4.69) is 20.8 Å². The molecule has 4 unspecified atom stereocenters. The minimum Gasteiger partial charge on any atom is -0.371 e. The van der Waals surface area contributed by atoms with Gasteiger partial charge in [0.05, 0.1) is 26.4 Å². The molecule has 4 fully saturated rings. The van der Waals surface area contributed by atoms with Crippen molar-refractivity contribution in [2.45, 2.75) is 58.0 Å². The van der Waals surface area contributed by atoms with Gasteiger partial charge in [-0.05, 0) is 24.2 Å². The normalized spacial score (nSPS) is 51.5. The van der Waals surface area contributed by atoms with E-state index in [1.165, 1.54) is 12.8 Å². The van der Waals surface area contributed by atoms with Crippen LogP contribution in [0.15, 0.2) is 0 Å². The Labute approximate surface area is 121 Å². The van der Waals surface area contributed by atoms with E-state index in [0.29, 0.717) is 31.3 Å². The summed E-state index contributed by atoms with van der Waals surface area (Å²) in [6.45, 7) is 10.2. The van der Waals surface area contributed by atoms with Crippen LogP contribution in [0.5, 0.6) is 0 Å². The Morgan fingerprint density at radius 2 is 1.55 bits per heavy atom. The fourth-order valence-electron chi connectivity index (χ4n) is 4.45. The van der Waals surface area contributed by atoms with Gasteiger partial charge in [0, 0.05) is 11.8 Å². The average molecular weight is 282 g/mol. The van der Waals surface area contributed by atoms with Gasteiger partial charge >= 0.3 is 0 Å². The molecule has 114 valence electrons. The van der Waals surface area contributed by atoms with Crippen LogP contribution in [0.1, 0.15) is 40.0 Å². The third kappa shape index (κ3) is 1.81. The van der Waals surface area contributed by atoms with Crippen molar-refractivity contribution in [2.75, 3.05) is 26.4 Å². The minimum absolute atomic E-state index is 0.0917. The van der Waals surface area contributed by atoms with Crippen molar-refractivity contribution < 1.29 is 18.9 Å². The Bertz CT molecular complexity index is 383.